The summed E-state index contributed by atoms with van der Waals surface area (Å²) >= 11 is 0. The van der Waals surface area contributed by atoms with Gasteiger partial charge in [-0.05, 0) is 31.0 Å². The van der Waals surface area contributed by atoms with Crippen LogP contribution in [-0.2, 0) is 0 Å². The van der Waals surface area contributed by atoms with Gasteiger partial charge in [-0.1, -0.05) is 6.07 Å². The summed E-state index contributed by atoms with van der Waals surface area (Å²) in [4.78, 5) is 14.4. The molecule has 6 heteroatoms. The van der Waals surface area contributed by atoms with E-state index in [9.17, 15) is 10.1 Å². The molecule has 2 aromatic rings. The number of pyridine rings is 1. The molecule has 100 valence electrons. The zero-order valence-corrected chi connectivity index (χ0v) is 11.0. The first kappa shape index (κ1) is 13.5. The largest absolute Gasteiger partial charge is 0.450 e. The van der Waals surface area contributed by atoms with Gasteiger partial charge in [0.15, 0.2) is 0 Å². The first-order valence-corrected chi connectivity index (χ1v) is 5.81. The molecule has 0 saturated heterocycles. The Kier molecular flexibility index (Phi) is 3.62. The number of nitro benzene ring substituents is 1. The molecule has 0 unspecified atom stereocenters. The molecule has 0 amide bonds. The first-order valence-electron chi connectivity index (χ1n) is 5.81. The smallest absolute Gasteiger partial charge is 0.312 e. The number of aryl methyl sites for hydroxylation is 2. The fourth-order valence-electron chi connectivity index (χ4n) is 1.85. The second-order valence-electron chi connectivity index (χ2n) is 4.28. The van der Waals surface area contributed by atoms with Crippen LogP contribution in [0.5, 0.6) is 11.5 Å². The number of nitrogens with zero attached hydrogens (tertiary/aromatic N) is 3. The van der Waals surface area contributed by atoms with E-state index in [-0.39, 0.29) is 17.1 Å². The van der Waals surface area contributed by atoms with Crippen molar-refractivity contribution in [1.29, 1.82) is 5.26 Å². The Balaban J connectivity index is 2.48. The lowest BCUT2D eigenvalue weighted by atomic mass is 10.1. The topological polar surface area (TPSA) is 89.0 Å². The van der Waals surface area contributed by atoms with Crippen LogP contribution in [0.1, 0.15) is 16.8 Å². The van der Waals surface area contributed by atoms with E-state index < -0.39 is 4.92 Å². The highest BCUT2D eigenvalue weighted by molar-refractivity contribution is 5.55. The second kappa shape index (κ2) is 5.36. The highest BCUT2D eigenvalue weighted by atomic mass is 16.6. The van der Waals surface area contributed by atoms with Crippen LogP contribution in [0, 0.1) is 35.3 Å². The number of ether oxygens (including phenoxy) is 1. The maximum Gasteiger partial charge on any atom is 0.312 e. The summed E-state index contributed by atoms with van der Waals surface area (Å²) < 4.78 is 5.57. The maximum atomic E-state index is 11.1. The lowest BCUT2D eigenvalue weighted by Gasteiger charge is -2.10. The van der Waals surface area contributed by atoms with Crippen LogP contribution in [0.2, 0.25) is 0 Å². The SMILES string of the molecule is Cc1cc(C)c(Oc2ccnc(C#N)c2)c([N+](=O)[O-])c1. The van der Waals surface area contributed by atoms with Gasteiger partial charge in [0.1, 0.15) is 17.5 Å². The third-order valence-corrected chi connectivity index (χ3v) is 2.66. The van der Waals surface area contributed by atoms with Crippen LogP contribution in [0.25, 0.3) is 0 Å². The number of hydrogen-bond donors (Lipinski definition) is 0. The Labute approximate surface area is 115 Å². The van der Waals surface area contributed by atoms with E-state index in [1.807, 2.05) is 6.07 Å². The molecular weight excluding hydrogens is 258 g/mol. The predicted octanol–water partition coefficient (Wildman–Crippen LogP) is 3.27. The van der Waals surface area contributed by atoms with Gasteiger partial charge in [0, 0.05) is 18.3 Å². The van der Waals surface area contributed by atoms with Gasteiger partial charge in [-0.15, -0.1) is 0 Å². The quantitative estimate of drug-likeness (QED) is 0.630. The summed E-state index contributed by atoms with van der Waals surface area (Å²) in [5, 5.41) is 19.9. The van der Waals surface area contributed by atoms with Crippen molar-refractivity contribution in [2.75, 3.05) is 0 Å². The van der Waals surface area contributed by atoms with Crippen LogP contribution in [0.4, 0.5) is 5.69 Å². The molecule has 0 N–H and O–H groups in total. The lowest BCUT2D eigenvalue weighted by molar-refractivity contribution is -0.385. The standard InChI is InChI=1S/C14H11N3O3/c1-9-5-10(2)14(13(6-9)17(18)19)20-12-3-4-16-11(7-12)8-15/h3-7H,1-2H3. The fourth-order valence-corrected chi connectivity index (χ4v) is 1.85. The van der Waals surface area contributed by atoms with Crippen molar-refractivity contribution in [3.05, 3.63) is 57.4 Å². The van der Waals surface area contributed by atoms with Crippen molar-refractivity contribution >= 4 is 5.69 Å². The van der Waals surface area contributed by atoms with Crippen molar-refractivity contribution in [1.82, 2.24) is 4.98 Å². The Morgan fingerprint density at radius 1 is 1.35 bits per heavy atom. The molecule has 0 fully saturated rings. The van der Waals surface area contributed by atoms with E-state index >= 15 is 0 Å². The summed E-state index contributed by atoms with van der Waals surface area (Å²) in [7, 11) is 0. The maximum absolute atomic E-state index is 11.1. The predicted molar refractivity (Wildman–Crippen MR) is 71.6 cm³/mol. The van der Waals surface area contributed by atoms with E-state index in [0.717, 1.165) is 5.56 Å². The number of rotatable bonds is 3. The molecule has 6 nitrogen and oxygen atoms in total. The molecule has 0 bridgehead atoms. The Bertz CT molecular complexity index is 720. The average molecular weight is 269 g/mol. The minimum absolute atomic E-state index is 0.0992. The average Bonchev–Trinajstić information content (AvgIpc) is 2.41. The molecular formula is C14H11N3O3. The molecule has 0 saturated carbocycles. The number of benzene rings is 1. The first-order chi connectivity index (χ1) is 9.51. The molecule has 0 radical (unpaired) electrons. The summed E-state index contributed by atoms with van der Waals surface area (Å²) in [5.41, 5.74) is 1.54. The van der Waals surface area contributed by atoms with Crippen LogP contribution in [0.15, 0.2) is 30.5 Å². The molecule has 2 rings (SSSR count). The van der Waals surface area contributed by atoms with Gasteiger partial charge < -0.3 is 4.74 Å². The normalized spacial score (nSPS) is 9.85. The number of aromatic nitrogens is 1. The van der Waals surface area contributed by atoms with Crippen molar-refractivity contribution in [3.63, 3.8) is 0 Å². The van der Waals surface area contributed by atoms with Crippen molar-refractivity contribution in [3.8, 4) is 17.6 Å². The second-order valence-corrected chi connectivity index (χ2v) is 4.28. The fraction of sp³-hybridized carbons (Fsp3) is 0.143. The number of nitro groups is 1. The zero-order chi connectivity index (χ0) is 14.7. The van der Waals surface area contributed by atoms with Gasteiger partial charge in [0.2, 0.25) is 5.75 Å². The van der Waals surface area contributed by atoms with Crippen molar-refractivity contribution in [2.24, 2.45) is 0 Å². The molecule has 0 aliphatic carbocycles. The highest BCUT2D eigenvalue weighted by Crippen LogP contribution is 2.35. The summed E-state index contributed by atoms with van der Waals surface area (Å²) in [6.07, 6.45) is 1.42. The van der Waals surface area contributed by atoms with Crippen molar-refractivity contribution < 1.29 is 9.66 Å². The minimum atomic E-state index is -0.484. The molecule has 20 heavy (non-hydrogen) atoms. The molecule has 0 aliphatic rings. The molecule has 1 heterocycles. The molecule has 0 spiro atoms. The van der Waals surface area contributed by atoms with Crippen LogP contribution >= 0.6 is 0 Å². The molecule has 0 atom stereocenters. The van der Waals surface area contributed by atoms with E-state index in [1.54, 1.807) is 26.0 Å². The minimum Gasteiger partial charge on any atom is -0.450 e. The van der Waals surface area contributed by atoms with Gasteiger partial charge in [0.05, 0.1) is 4.92 Å². The van der Waals surface area contributed by atoms with Gasteiger partial charge in [-0.2, -0.15) is 5.26 Å². The van der Waals surface area contributed by atoms with E-state index in [0.29, 0.717) is 11.3 Å². The lowest BCUT2D eigenvalue weighted by Crippen LogP contribution is -1.97. The monoisotopic (exact) mass is 269 g/mol. The van der Waals surface area contributed by atoms with E-state index in [1.165, 1.54) is 18.3 Å². The summed E-state index contributed by atoms with van der Waals surface area (Å²) in [5.74, 6) is 0.516. The molecule has 0 aliphatic heterocycles. The van der Waals surface area contributed by atoms with Crippen molar-refractivity contribution in [2.45, 2.75) is 13.8 Å². The highest BCUT2D eigenvalue weighted by Gasteiger charge is 2.19. The van der Waals surface area contributed by atoms with E-state index in [2.05, 4.69) is 4.98 Å². The Hall–Kier alpha value is -2.94. The van der Waals surface area contributed by atoms with Crippen LogP contribution in [-0.4, -0.2) is 9.91 Å². The number of hydrogen-bond acceptors (Lipinski definition) is 5. The third kappa shape index (κ3) is 2.72. The summed E-state index contributed by atoms with van der Waals surface area (Å²) in [6, 6.07) is 8.12. The van der Waals surface area contributed by atoms with Gasteiger partial charge in [0.25, 0.3) is 0 Å². The van der Waals surface area contributed by atoms with Crippen LogP contribution < -0.4 is 4.74 Å². The summed E-state index contributed by atoms with van der Waals surface area (Å²) in [6.45, 7) is 3.52. The van der Waals surface area contributed by atoms with E-state index in [4.69, 9.17) is 10.00 Å². The molecule has 1 aromatic carbocycles. The third-order valence-electron chi connectivity index (χ3n) is 2.66. The van der Waals surface area contributed by atoms with Gasteiger partial charge in [-0.25, -0.2) is 4.98 Å². The van der Waals surface area contributed by atoms with Gasteiger partial charge >= 0.3 is 5.69 Å². The van der Waals surface area contributed by atoms with Gasteiger partial charge in [-0.3, -0.25) is 10.1 Å². The zero-order valence-electron chi connectivity index (χ0n) is 11.0. The Morgan fingerprint density at radius 2 is 2.10 bits per heavy atom. The molecule has 1 aromatic heterocycles. The van der Waals surface area contributed by atoms with Crippen LogP contribution in [0.3, 0.4) is 0 Å². The number of nitriles is 1. The Morgan fingerprint density at radius 3 is 2.75 bits per heavy atom.